The molecule has 1 N–H and O–H groups in total. The lowest BCUT2D eigenvalue weighted by molar-refractivity contribution is -0.120. The molecule has 0 fully saturated rings. The molecule has 112 valence electrons. The van der Waals surface area contributed by atoms with Crippen LogP contribution < -0.4 is 10.1 Å². The standard InChI is InChI=1S/C15H23ClN2O2/c1-18(2)10-5-11-20-14-7-4-3-6-13(14)12-17-15(19)8-9-16/h3-4,6-7H,5,8-12H2,1-2H3,(H,17,19). The van der Waals surface area contributed by atoms with Crippen molar-refractivity contribution in [1.29, 1.82) is 0 Å². The predicted octanol–water partition coefficient (Wildman–Crippen LogP) is 2.26. The summed E-state index contributed by atoms with van der Waals surface area (Å²) in [5.74, 6) is 1.13. The minimum absolute atomic E-state index is 0.0394. The molecule has 0 atom stereocenters. The van der Waals surface area contributed by atoms with Crippen molar-refractivity contribution in [2.45, 2.75) is 19.4 Å². The highest BCUT2D eigenvalue weighted by Gasteiger charge is 2.05. The van der Waals surface area contributed by atoms with Crippen molar-refractivity contribution in [2.75, 3.05) is 33.1 Å². The number of benzene rings is 1. The molecule has 0 heterocycles. The van der Waals surface area contributed by atoms with Crippen LogP contribution in [0.4, 0.5) is 0 Å². The predicted molar refractivity (Wildman–Crippen MR) is 82.3 cm³/mol. The number of amides is 1. The molecule has 0 aromatic heterocycles. The van der Waals surface area contributed by atoms with Gasteiger partial charge in [-0.1, -0.05) is 18.2 Å². The van der Waals surface area contributed by atoms with Crippen LogP contribution in [0.3, 0.4) is 0 Å². The molecule has 0 saturated carbocycles. The van der Waals surface area contributed by atoms with Crippen molar-refractivity contribution >= 4 is 17.5 Å². The Kier molecular flexibility index (Phi) is 8.07. The zero-order chi connectivity index (χ0) is 14.8. The van der Waals surface area contributed by atoms with Crippen LogP contribution in [0.25, 0.3) is 0 Å². The molecule has 0 spiro atoms. The lowest BCUT2D eigenvalue weighted by Gasteiger charge is -2.13. The minimum atomic E-state index is -0.0394. The van der Waals surface area contributed by atoms with E-state index >= 15 is 0 Å². The number of carbonyl (C=O) groups excluding carboxylic acids is 1. The van der Waals surface area contributed by atoms with Crippen molar-refractivity contribution in [3.63, 3.8) is 0 Å². The first kappa shape index (κ1) is 16.8. The van der Waals surface area contributed by atoms with E-state index in [9.17, 15) is 4.79 Å². The van der Waals surface area contributed by atoms with E-state index < -0.39 is 0 Å². The third-order valence-corrected chi connectivity index (χ3v) is 2.97. The summed E-state index contributed by atoms with van der Waals surface area (Å²) in [5.41, 5.74) is 0.986. The maximum absolute atomic E-state index is 11.4. The van der Waals surface area contributed by atoms with Crippen molar-refractivity contribution in [1.82, 2.24) is 10.2 Å². The Balaban J connectivity index is 2.44. The first-order chi connectivity index (χ1) is 9.63. The summed E-state index contributed by atoms with van der Waals surface area (Å²) in [6, 6.07) is 7.77. The zero-order valence-corrected chi connectivity index (χ0v) is 12.9. The number of rotatable bonds is 9. The molecule has 1 aromatic carbocycles. The fraction of sp³-hybridized carbons (Fsp3) is 0.533. The van der Waals surface area contributed by atoms with E-state index in [1.807, 2.05) is 38.4 Å². The van der Waals surface area contributed by atoms with Crippen molar-refractivity contribution in [2.24, 2.45) is 0 Å². The second-order valence-corrected chi connectivity index (χ2v) is 5.21. The van der Waals surface area contributed by atoms with Crippen LogP contribution in [-0.2, 0) is 11.3 Å². The Morgan fingerprint density at radius 3 is 2.80 bits per heavy atom. The van der Waals surface area contributed by atoms with Crippen LogP contribution in [0, 0.1) is 0 Å². The molecule has 1 rings (SSSR count). The van der Waals surface area contributed by atoms with Gasteiger partial charge < -0.3 is 15.0 Å². The van der Waals surface area contributed by atoms with Gasteiger partial charge in [0.1, 0.15) is 5.75 Å². The Morgan fingerprint density at radius 2 is 2.10 bits per heavy atom. The van der Waals surface area contributed by atoms with Gasteiger partial charge in [0, 0.05) is 31.0 Å². The number of carbonyl (C=O) groups is 1. The number of halogens is 1. The maximum atomic E-state index is 11.4. The van der Waals surface area contributed by atoms with E-state index in [0.29, 0.717) is 25.5 Å². The molecule has 20 heavy (non-hydrogen) atoms. The van der Waals surface area contributed by atoms with Crippen molar-refractivity contribution < 1.29 is 9.53 Å². The summed E-state index contributed by atoms with van der Waals surface area (Å²) in [6.45, 7) is 2.14. The molecule has 4 nitrogen and oxygen atoms in total. The van der Waals surface area contributed by atoms with Gasteiger partial charge in [-0.15, -0.1) is 11.6 Å². The maximum Gasteiger partial charge on any atom is 0.221 e. The summed E-state index contributed by atoms with van der Waals surface area (Å²) in [6.07, 6.45) is 1.31. The van der Waals surface area contributed by atoms with E-state index in [1.165, 1.54) is 0 Å². The van der Waals surface area contributed by atoms with Gasteiger partial charge in [0.2, 0.25) is 5.91 Å². The molecular formula is C15H23ClN2O2. The summed E-state index contributed by atoms with van der Waals surface area (Å²) >= 11 is 5.53. The Hall–Kier alpha value is -1.26. The van der Waals surface area contributed by atoms with Crippen LogP contribution in [-0.4, -0.2) is 43.9 Å². The number of hydrogen-bond acceptors (Lipinski definition) is 3. The number of nitrogens with one attached hydrogen (secondary N) is 1. The average molecular weight is 299 g/mol. The van der Waals surface area contributed by atoms with Crippen LogP contribution in [0.15, 0.2) is 24.3 Å². The minimum Gasteiger partial charge on any atom is -0.493 e. The monoisotopic (exact) mass is 298 g/mol. The quantitative estimate of drug-likeness (QED) is 0.562. The molecule has 5 heteroatoms. The Bertz CT molecular complexity index is 411. The molecule has 1 amide bonds. The average Bonchev–Trinajstić information content (AvgIpc) is 2.42. The summed E-state index contributed by atoms with van der Waals surface area (Å²) in [5, 5.41) is 2.84. The van der Waals surface area contributed by atoms with Crippen LogP contribution in [0.1, 0.15) is 18.4 Å². The number of ether oxygens (including phenoxy) is 1. The van der Waals surface area contributed by atoms with E-state index in [-0.39, 0.29) is 5.91 Å². The number of alkyl halides is 1. The first-order valence-electron chi connectivity index (χ1n) is 6.81. The smallest absolute Gasteiger partial charge is 0.221 e. The second-order valence-electron chi connectivity index (χ2n) is 4.83. The number of para-hydroxylation sites is 1. The molecule has 1 aromatic rings. The highest BCUT2D eigenvalue weighted by Crippen LogP contribution is 2.17. The lowest BCUT2D eigenvalue weighted by atomic mass is 10.2. The van der Waals surface area contributed by atoms with E-state index in [1.54, 1.807) is 0 Å². The van der Waals surface area contributed by atoms with Crippen LogP contribution >= 0.6 is 11.6 Å². The number of nitrogens with zero attached hydrogens (tertiary/aromatic N) is 1. The summed E-state index contributed by atoms with van der Waals surface area (Å²) in [4.78, 5) is 13.5. The van der Waals surface area contributed by atoms with E-state index in [4.69, 9.17) is 16.3 Å². The largest absolute Gasteiger partial charge is 0.493 e. The van der Waals surface area contributed by atoms with Crippen LogP contribution in [0.5, 0.6) is 5.75 Å². The normalized spacial score (nSPS) is 10.6. The lowest BCUT2D eigenvalue weighted by Crippen LogP contribution is -2.23. The molecular weight excluding hydrogens is 276 g/mol. The van der Waals surface area contributed by atoms with Gasteiger partial charge in [-0.2, -0.15) is 0 Å². The molecule has 0 radical (unpaired) electrons. The fourth-order valence-corrected chi connectivity index (χ4v) is 1.89. The van der Waals surface area contributed by atoms with Gasteiger partial charge in [-0.25, -0.2) is 0 Å². The molecule has 0 bridgehead atoms. The van der Waals surface area contributed by atoms with E-state index in [2.05, 4.69) is 10.2 Å². The highest BCUT2D eigenvalue weighted by molar-refractivity contribution is 6.18. The highest BCUT2D eigenvalue weighted by atomic mass is 35.5. The van der Waals surface area contributed by atoms with E-state index in [0.717, 1.165) is 24.3 Å². The Labute approximate surface area is 126 Å². The van der Waals surface area contributed by atoms with Gasteiger partial charge in [0.15, 0.2) is 0 Å². The van der Waals surface area contributed by atoms with Gasteiger partial charge in [-0.05, 0) is 26.6 Å². The zero-order valence-electron chi connectivity index (χ0n) is 12.2. The molecule has 0 aliphatic carbocycles. The fourth-order valence-electron chi connectivity index (χ4n) is 1.72. The SMILES string of the molecule is CN(C)CCCOc1ccccc1CNC(=O)CCCl. The number of hydrogen-bond donors (Lipinski definition) is 1. The summed E-state index contributed by atoms with van der Waals surface area (Å²) in [7, 11) is 4.08. The summed E-state index contributed by atoms with van der Waals surface area (Å²) < 4.78 is 5.78. The van der Waals surface area contributed by atoms with Gasteiger partial charge in [0.25, 0.3) is 0 Å². The van der Waals surface area contributed by atoms with Gasteiger partial charge in [0.05, 0.1) is 6.61 Å². The first-order valence-corrected chi connectivity index (χ1v) is 7.35. The third kappa shape index (κ3) is 6.78. The van der Waals surface area contributed by atoms with Crippen molar-refractivity contribution in [3.05, 3.63) is 29.8 Å². The second kappa shape index (κ2) is 9.61. The molecule has 0 saturated heterocycles. The van der Waals surface area contributed by atoms with Crippen LogP contribution in [0.2, 0.25) is 0 Å². The van der Waals surface area contributed by atoms with Crippen molar-refractivity contribution in [3.8, 4) is 5.75 Å². The topological polar surface area (TPSA) is 41.6 Å². The third-order valence-electron chi connectivity index (χ3n) is 2.78. The molecule has 0 aliphatic heterocycles. The van der Waals surface area contributed by atoms with Gasteiger partial charge >= 0.3 is 0 Å². The Morgan fingerprint density at radius 1 is 1.35 bits per heavy atom. The molecule has 0 aliphatic rings. The molecule has 0 unspecified atom stereocenters. The van der Waals surface area contributed by atoms with Gasteiger partial charge in [-0.3, -0.25) is 4.79 Å².